The zero-order valence-electron chi connectivity index (χ0n) is 25.0. The third kappa shape index (κ3) is 7.08. The van der Waals surface area contributed by atoms with Gasteiger partial charge in [-0.3, -0.25) is 14.2 Å². The monoisotopic (exact) mass is 754 g/mol. The second-order valence-corrected chi connectivity index (χ2v) is 11.6. The quantitative estimate of drug-likeness (QED) is 0.155. The highest BCUT2D eigenvalue weighted by molar-refractivity contribution is 9.10. The molecule has 2 aromatic carbocycles. The highest BCUT2D eigenvalue weighted by atomic mass is 79.9. The van der Waals surface area contributed by atoms with Crippen LogP contribution in [0.3, 0.4) is 0 Å². The first-order valence-electron chi connectivity index (χ1n) is 14.3. The summed E-state index contributed by atoms with van der Waals surface area (Å²) in [5.74, 6) is 0.484. The molecule has 6 rings (SSSR count). The average Bonchev–Trinajstić information content (AvgIpc) is 3.87. The van der Waals surface area contributed by atoms with E-state index in [9.17, 15) is 18.7 Å². The third-order valence-corrected chi connectivity index (χ3v) is 9.10. The summed E-state index contributed by atoms with van der Waals surface area (Å²) >= 11 is 7.09. The lowest BCUT2D eigenvalue weighted by Gasteiger charge is -2.11. The Hall–Kier alpha value is -4.27. The van der Waals surface area contributed by atoms with E-state index in [4.69, 9.17) is 0 Å². The number of hydrogen-bond acceptors (Lipinski definition) is 6. The molecule has 0 bridgehead atoms. The van der Waals surface area contributed by atoms with Crippen LogP contribution in [0.4, 0.5) is 8.78 Å². The number of halogens is 4. The summed E-state index contributed by atoms with van der Waals surface area (Å²) in [6.07, 6.45) is 11.3. The second kappa shape index (κ2) is 14.9. The van der Waals surface area contributed by atoms with Crippen molar-refractivity contribution in [2.24, 2.45) is 0 Å². The summed E-state index contributed by atoms with van der Waals surface area (Å²) < 4.78 is 36.1. The van der Waals surface area contributed by atoms with Crippen molar-refractivity contribution in [2.45, 2.75) is 46.6 Å². The third-order valence-electron chi connectivity index (χ3n) is 7.26. The number of carbonyl (C=O) groups is 1. The summed E-state index contributed by atoms with van der Waals surface area (Å²) in [6.45, 7) is 6.48. The summed E-state index contributed by atoms with van der Waals surface area (Å²) in [7, 11) is 0. The minimum absolute atomic E-state index is 0.239. The van der Waals surface area contributed by atoms with E-state index in [0.29, 0.717) is 42.2 Å². The topological polar surface area (TPSA) is 109 Å². The van der Waals surface area contributed by atoms with E-state index in [-0.39, 0.29) is 18.0 Å². The molecule has 0 amide bonds. The van der Waals surface area contributed by atoms with Gasteiger partial charge in [0.1, 0.15) is 32.5 Å². The van der Waals surface area contributed by atoms with Crippen molar-refractivity contribution >= 4 is 38.1 Å². The Morgan fingerprint density at radius 3 is 1.74 bits per heavy atom. The fraction of sp³-hybridized carbons (Fsp3) is 0.219. The first kappa shape index (κ1) is 33.1. The minimum atomic E-state index is -0.444. The molecule has 0 atom stereocenters. The first-order valence-corrected chi connectivity index (χ1v) is 15.9. The van der Waals surface area contributed by atoms with Gasteiger partial charge in [-0.2, -0.15) is 10.2 Å². The zero-order chi connectivity index (χ0) is 32.8. The van der Waals surface area contributed by atoms with Crippen LogP contribution < -0.4 is 0 Å². The van der Waals surface area contributed by atoms with E-state index >= 15 is 0 Å². The molecule has 0 saturated heterocycles. The Balaban J connectivity index is 0.000000181. The van der Waals surface area contributed by atoms with Gasteiger partial charge in [0.15, 0.2) is 6.29 Å². The Kier molecular flexibility index (Phi) is 10.7. The maximum Gasteiger partial charge on any atom is 0.150 e. The molecular weight excluding hydrogens is 726 g/mol. The van der Waals surface area contributed by atoms with E-state index in [0.717, 1.165) is 39.0 Å². The van der Waals surface area contributed by atoms with Gasteiger partial charge in [-0.25, -0.2) is 18.7 Å². The molecule has 14 heteroatoms. The number of nitrogens with zero attached hydrogens (tertiary/aromatic N) is 8. The Morgan fingerprint density at radius 1 is 0.761 bits per heavy atom. The lowest BCUT2D eigenvalue weighted by atomic mass is 10.1. The van der Waals surface area contributed by atoms with Crippen molar-refractivity contribution in [3.05, 3.63) is 117 Å². The van der Waals surface area contributed by atoms with Crippen LogP contribution >= 0.6 is 31.9 Å². The largest absolute Gasteiger partial charge is 0.392 e. The summed E-state index contributed by atoms with van der Waals surface area (Å²) in [5, 5.41) is 18.1. The van der Waals surface area contributed by atoms with Gasteiger partial charge in [-0.05, 0) is 87.7 Å². The van der Waals surface area contributed by atoms with Gasteiger partial charge in [0.05, 0.1) is 32.1 Å². The SMILES string of the molecule is CCn1ncc(Cn2ccnc2-c2ccc(F)cc2C=O)c1Br.CCn1ncc(Cn2ccnc2-c2ccc(F)cc2CO)c1Br. The fourth-order valence-corrected chi connectivity index (χ4v) is 6.09. The van der Waals surface area contributed by atoms with Crippen molar-refractivity contribution < 1.29 is 18.7 Å². The number of hydrogen-bond donors (Lipinski definition) is 1. The number of benzene rings is 2. The molecule has 0 fully saturated rings. The van der Waals surface area contributed by atoms with Crippen LogP contribution in [0.15, 0.2) is 82.8 Å². The van der Waals surface area contributed by atoms with Gasteiger partial charge in [-0.15, -0.1) is 0 Å². The molecule has 0 spiro atoms. The number of imidazole rings is 2. The van der Waals surface area contributed by atoms with Crippen molar-refractivity contribution in [1.29, 1.82) is 0 Å². The number of aliphatic hydroxyl groups is 1. The fourth-order valence-electron chi connectivity index (χ4n) is 4.95. The highest BCUT2D eigenvalue weighted by Crippen LogP contribution is 2.27. The molecule has 0 aliphatic rings. The molecule has 4 heterocycles. The minimum Gasteiger partial charge on any atom is -0.392 e. The predicted octanol–water partition coefficient (Wildman–Crippen LogP) is 6.74. The molecule has 0 aliphatic carbocycles. The number of aryl methyl sites for hydroxylation is 2. The van der Waals surface area contributed by atoms with Crippen LogP contribution in [-0.4, -0.2) is 50.1 Å². The number of rotatable bonds is 10. The molecular formula is C32H30Br2F2N8O2. The number of aliphatic hydroxyl groups excluding tert-OH is 1. The number of carbonyl (C=O) groups excluding carboxylic acids is 1. The van der Waals surface area contributed by atoms with E-state index in [2.05, 4.69) is 52.0 Å². The predicted molar refractivity (Wildman–Crippen MR) is 176 cm³/mol. The molecule has 0 saturated carbocycles. The molecule has 6 aromatic rings. The second-order valence-electron chi connectivity index (χ2n) is 10.1. The van der Waals surface area contributed by atoms with Gasteiger partial charge in [0, 0.05) is 65.7 Å². The zero-order valence-corrected chi connectivity index (χ0v) is 28.2. The van der Waals surface area contributed by atoms with Gasteiger partial charge < -0.3 is 14.2 Å². The van der Waals surface area contributed by atoms with Gasteiger partial charge >= 0.3 is 0 Å². The smallest absolute Gasteiger partial charge is 0.150 e. The van der Waals surface area contributed by atoms with Crippen LogP contribution in [-0.2, 0) is 32.8 Å². The van der Waals surface area contributed by atoms with Gasteiger partial charge in [-0.1, -0.05) is 0 Å². The average molecular weight is 756 g/mol. The van der Waals surface area contributed by atoms with Crippen molar-refractivity contribution in [2.75, 3.05) is 0 Å². The van der Waals surface area contributed by atoms with E-state index in [1.807, 2.05) is 50.9 Å². The molecule has 46 heavy (non-hydrogen) atoms. The number of aldehydes is 1. The van der Waals surface area contributed by atoms with Crippen LogP contribution in [0.1, 0.15) is 40.9 Å². The normalized spacial score (nSPS) is 11.0. The Morgan fingerprint density at radius 2 is 1.26 bits per heavy atom. The van der Waals surface area contributed by atoms with E-state index in [1.165, 1.54) is 24.3 Å². The maximum atomic E-state index is 13.4. The highest BCUT2D eigenvalue weighted by Gasteiger charge is 2.16. The van der Waals surface area contributed by atoms with Crippen molar-refractivity contribution in [3.63, 3.8) is 0 Å². The summed E-state index contributed by atoms with van der Waals surface area (Å²) in [5.41, 5.74) is 4.14. The standard InChI is InChI=1S/C16H16BrFN4O.C16H14BrFN4O/c2*1-2-22-15(17)12(8-20-22)9-21-6-5-19-16(21)14-4-3-13(18)7-11(14)10-23/h3-8,23H,2,9-10H2,1H3;3-8,10H,2,9H2,1H3. The molecule has 238 valence electrons. The van der Waals surface area contributed by atoms with Gasteiger partial charge in [0.25, 0.3) is 0 Å². The lowest BCUT2D eigenvalue weighted by Crippen LogP contribution is -2.04. The van der Waals surface area contributed by atoms with Crippen molar-refractivity contribution in [1.82, 2.24) is 38.7 Å². The first-order chi connectivity index (χ1) is 22.3. The number of aromatic nitrogens is 8. The van der Waals surface area contributed by atoms with E-state index in [1.54, 1.807) is 30.7 Å². The van der Waals surface area contributed by atoms with Crippen LogP contribution in [0.2, 0.25) is 0 Å². The molecule has 0 radical (unpaired) electrons. The van der Waals surface area contributed by atoms with Gasteiger partial charge in [0.2, 0.25) is 0 Å². The van der Waals surface area contributed by atoms with Crippen molar-refractivity contribution in [3.8, 4) is 22.8 Å². The van der Waals surface area contributed by atoms with Crippen LogP contribution in [0.5, 0.6) is 0 Å². The molecule has 10 nitrogen and oxygen atoms in total. The molecule has 0 unspecified atom stereocenters. The lowest BCUT2D eigenvalue weighted by molar-refractivity contribution is 0.112. The Bertz CT molecular complexity index is 1960. The van der Waals surface area contributed by atoms with Crippen LogP contribution in [0.25, 0.3) is 22.8 Å². The Labute approximate surface area is 280 Å². The molecule has 4 aromatic heterocycles. The summed E-state index contributed by atoms with van der Waals surface area (Å²) in [6, 6.07) is 8.46. The maximum absolute atomic E-state index is 13.4. The van der Waals surface area contributed by atoms with E-state index < -0.39 is 5.82 Å². The molecule has 0 aliphatic heterocycles. The van der Waals surface area contributed by atoms with Crippen LogP contribution in [0, 0.1) is 11.6 Å². The summed E-state index contributed by atoms with van der Waals surface area (Å²) in [4.78, 5) is 19.9. The molecule has 1 N–H and O–H groups in total.